The standard InChI is InChI=1S/C22H20N2O3/c25-22-20(23-21(27-22)11-8-17-4-2-1-3-5-17)16-18-6-9-19(10-7-18)24-12-14-26-15-13-24/h1-11,16H,12-15H2/b11-8+,20-16-. The lowest BCUT2D eigenvalue weighted by molar-refractivity contribution is -0.129. The molecule has 0 saturated carbocycles. The zero-order valence-corrected chi connectivity index (χ0v) is 14.9. The minimum Gasteiger partial charge on any atom is -0.403 e. The van der Waals surface area contributed by atoms with E-state index in [4.69, 9.17) is 9.47 Å². The van der Waals surface area contributed by atoms with E-state index in [-0.39, 0.29) is 0 Å². The number of morpholine rings is 1. The SMILES string of the molecule is O=C1OC(/C=C/c2ccccc2)=NC/1=C\c1ccc(N2CCOCC2)cc1. The number of rotatable bonds is 4. The lowest BCUT2D eigenvalue weighted by Gasteiger charge is -2.28. The maximum atomic E-state index is 12.1. The van der Waals surface area contributed by atoms with Crippen molar-refractivity contribution in [3.63, 3.8) is 0 Å². The van der Waals surface area contributed by atoms with Crippen molar-refractivity contribution in [1.82, 2.24) is 0 Å². The number of anilines is 1. The first-order valence-corrected chi connectivity index (χ1v) is 8.96. The third-order valence-electron chi connectivity index (χ3n) is 4.43. The summed E-state index contributed by atoms with van der Waals surface area (Å²) in [5.41, 5.74) is 3.40. The second-order valence-electron chi connectivity index (χ2n) is 6.30. The van der Waals surface area contributed by atoms with E-state index in [0.717, 1.165) is 43.1 Å². The van der Waals surface area contributed by atoms with Crippen LogP contribution in [0.25, 0.3) is 12.2 Å². The van der Waals surface area contributed by atoms with Gasteiger partial charge in [0, 0.05) is 24.9 Å². The average Bonchev–Trinajstić information content (AvgIpc) is 3.08. The summed E-state index contributed by atoms with van der Waals surface area (Å²) in [6, 6.07) is 17.9. The smallest absolute Gasteiger partial charge is 0.363 e. The lowest BCUT2D eigenvalue weighted by Crippen LogP contribution is -2.36. The third kappa shape index (κ3) is 4.33. The van der Waals surface area contributed by atoms with Gasteiger partial charge in [0.25, 0.3) is 0 Å². The molecule has 0 amide bonds. The van der Waals surface area contributed by atoms with Gasteiger partial charge in [-0.3, -0.25) is 0 Å². The molecule has 5 nitrogen and oxygen atoms in total. The summed E-state index contributed by atoms with van der Waals surface area (Å²) < 4.78 is 10.6. The number of benzene rings is 2. The van der Waals surface area contributed by atoms with Crippen molar-refractivity contribution >= 4 is 29.7 Å². The molecule has 2 aliphatic heterocycles. The number of hydrogen-bond donors (Lipinski definition) is 0. The molecule has 0 bridgehead atoms. The Hall–Kier alpha value is -3.18. The van der Waals surface area contributed by atoms with Crippen LogP contribution in [-0.4, -0.2) is 38.2 Å². The van der Waals surface area contributed by atoms with Gasteiger partial charge in [0.1, 0.15) is 0 Å². The molecule has 1 fully saturated rings. The van der Waals surface area contributed by atoms with Gasteiger partial charge in [-0.2, -0.15) is 0 Å². The molecule has 2 aliphatic rings. The summed E-state index contributed by atoms with van der Waals surface area (Å²) in [4.78, 5) is 18.6. The van der Waals surface area contributed by atoms with Gasteiger partial charge in [-0.25, -0.2) is 9.79 Å². The van der Waals surface area contributed by atoms with Gasteiger partial charge >= 0.3 is 5.97 Å². The van der Waals surface area contributed by atoms with Crippen LogP contribution in [0, 0.1) is 0 Å². The minimum atomic E-state index is -0.431. The van der Waals surface area contributed by atoms with Crippen LogP contribution in [0.4, 0.5) is 5.69 Å². The van der Waals surface area contributed by atoms with Crippen molar-refractivity contribution in [2.75, 3.05) is 31.2 Å². The van der Waals surface area contributed by atoms with Gasteiger partial charge in [0.2, 0.25) is 5.90 Å². The molecule has 2 aromatic rings. The Balaban J connectivity index is 1.47. The van der Waals surface area contributed by atoms with Gasteiger partial charge in [-0.1, -0.05) is 42.5 Å². The first-order valence-electron chi connectivity index (χ1n) is 8.96. The number of carbonyl (C=O) groups excluding carboxylic acids is 1. The second kappa shape index (κ2) is 8.01. The molecule has 0 unspecified atom stereocenters. The number of carbonyl (C=O) groups is 1. The molecule has 0 aromatic heterocycles. The summed E-state index contributed by atoms with van der Waals surface area (Å²) in [7, 11) is 0. The van der Waals surface area contributed by atoms with Crippen molar-refractivity contribution in [2.24, 2.45) is 4.99 Å². The van der Waals surface area contributed by atoms with Crippen LogP contribution in [0.3, 0.4) is 0 Å². The molecule has 27 heavy (non-hydrogen) atoms. The molecular weight excluding hydrogens is 340 g/mol. The maximum absolute atomic E-state index is 12.1. The Bertz CT molecular complexity index is 893. The van der Waals surface area contributed by atoms with Crippen molar-refractivity contribution in [1.29, 1.82) is 0 Å². The van der Waals surface area contributed by atoms with Gasteiger partial charge in [-0.15, -0.1) is 0 Å². The predicted molar refractivity (Wildman–Crippen MR) is 106 cm³/mol. The molecule has 0 atom stereocenters. The van der Waals surface area contributed by atoms with Gasteiger partial charge < -0.3 is 14.4 Å². The highest BCUT2D eigenvalue weighted by Gasteiger charge is 2.21. The molecular formula is C22H20N2O3. The molecule has 2 aromatic carbocycles. The highest BCUT2D eigenvalue weighted by molar-refractivity contribution is 6.11. The van der Waals surface area contributed by atoms with Gasteiger partial charge in [-0.05, 0) is 35.4 Å². The zero-order valence-electron chi connectivity index (χ0n) is 14.9. The van der Waals surface area contributed by atoms with Crippen molar-refractivity contribution < 1.29 is 14.3 Å². The van der Waals surface area contributed by atoms with E-state index in [0.29, 0.717) is 11.6 Å². The molecule has 136 valence electrons. The summed E-state index contributed by atoms with van der Waals surface area (Å²) in [5, 5.41) is 0. The number of esters is 1. The fourth-order valence-corrected chi connectivity index (χ4v) is 2.99. The number of cyclic esters (lactones) is 1. The number of aliphatic imine (C=N–C) groups is 1. The van der Waals surface area contributed by atoms with Crippen LogP contribution >= 0.6 is 0 Å². The number of hydrogen-bond acceptors (Lipinski definition) is 5. The molecule has 1 saturated heterocycles. The van der Waals surface area contributed by atoms with Crippen molar-refractivity contribution in [3.8, 4) is 0 Å². The Morgan fingerprint density at radius 2 is 1.63 bits per heavy atom. The average molecular weight is 360 g/mol. The minimum absolute atomic E-state index is 0.306. The lowest BCUT2D eigenvalue weighted by atomic mass is 10.1. The van der Waals surface area contributed by atoms with Crippen LogP contribution < -0.4 is 4.90 Å². The molecule has 4 rings (SSSR count). The molecule has 0 N–H and O–H groups in total. The summed E-state index contributed by atoms with van der Waals surface area (Å²) >= 11 is 0. The van der Waals surface area contributed by atoms with E-state index in [9.17, 15) is 4.79 Å². The molecule has 0 radical (unpaired) electrons. The first kappa shape index (κ1) is 17.2. The van der Waals surface area contributed by atoms with E-state index in [1.807, 2.05) is 48.5 Å². The third-order valence-corrected chi connectivity index (χ3v) is 4.43. The Morgan fingerprint density at radius 3 is 2.37 bits per heavy atom. The second-order valence-corrected chi connectivity index (χ2v) is 6.30. The van der Waals surface area contributed by atoms with E-state index in [1.54, 1.807) is 12.2 Å². The van der Waals surface area contributed by atoms with Crippen molar-refractivity contribution in [3.05, 3.63) is 77.5 Å². The molecule has 2 heterocycles. The topological polar surface area (TPSA) is 51.1 Å². The molecule has 0 spiro atoms. The van der Waals surface area contributed by atoms with Crippen molar-refractivity contribution in [2.45, 2.75) is 0 Å². The zero-order chi connectivity index (χ0) is 18.5. The first-order chi connectivity index (χ1) is 13.3. The Kier molecular flexibility index (Phi) is 5.12. The quantitative estimate of drug-likeness (QED) is 0.618. The van der Waals surface area contributed by atoms with E-state index in [2.05, 4.69) is 22.0 Å². The van der Waals surface area contributed by atoms with E-state index >= 15 is 0 Å². The maximum Gasteiger partial charge on any atom is 0.363 e. The predicted octanol–water partition coefficient (Wildman–Crippen LogP) is 3.53. The number of nitrogens with zero attached hydrogens (tertiary/aromatic N) is 2. The summed E-state index contributed by atoms with van der Waals surface area (Å²) in [6.45, 7) is 3.31. The molecule has 5 heteroatoms. The normalized spacial score (nSPS) is 18.8. The van der Waals surface area contributed by atoms with Crippen LogP contribution in [0.1, 0.15) is 11.1 Å². The van der Waals surface area contributed by atoms with E-state index in [1.165, 1.54) is 0 Å². The highest BCUT2D eigenvalue weighted by Crippen LogP contribution is 2.20. The highest BCUT2D eigenvalue weighted by atomic mass is 16.6. The van der Waals surface area contributed by atoms with Crippen LogP contribution in [0.2, 0.25) is 0 Å². The van der Waals surface area contributed by atoms with E-state index < -0.39 is 5.97 Å². The van der Waals surface area contributed by atoms with Gasteiger partial charge in [0.05, 0.1) is 13.2 Å². The number of ether oxygens (including phenoxy) is 2. The molecule has 0 aliphatic carbocycles. The van der Waals surface area contributed by atoms with Crippen LogP contribution in [0.5, 0.6) is 0 Å². The Morgan fingerprint density at radius 1 is 0.889 bits per heavy atom. The summed E-state index contributed by atoms with van der Waals surface area (Å²) in [5.74, 6) is -0.125. The fourth-order valence-electron chi connectivity index (χ4n) is 2.99. The van der Waals surface area contributed by atoms with Crippen LogP contribution in [0.15, 0.2) is 71.4 Å². The fraction of sp³-hybridized carbons (Fsp3) is 0.182. The van der Waals surface area contributed by atoms with Gasteiger partial charge in [0.15, 0.2) is 5.70 Å². The monoisotopic (exact) mass is 360 g/mol. The van der Waals surface area contributed by atoms with Crippen LogP contribution in [-0.2, 0) is 14.3 Å². The largest absolute Gasteiger partial charge is 0.403 e. The Labute approximate surface area is 158 Å². The summed E-state index contributed by atoms with van der Waals surface area (Å²) in [6.07, 6.45) is 5.32.